The number of piperidine rings is 1. The van der Waals surface area contributed by atoms with Gasteiger partial charge in [-0.1, -0.05) is 18.8 Å². The Kier molecular flexibility index (Phi) is 5.07. The molecular formula is C15H23NO2. The minimum atomic E-state index is 0.301. The van der Waals surface area contributed by atoms with Gasteiger partial charge < -0.3 is 9.64 Å². The van der Waals surface area contributed by atoms with Gasteiger partial charge in [0.1, 0.15) is 6.61 Å². The number of ether oxygens (including phenoxy) is 1. The molecule has 1 saturated heterocycles. The van der Waals surface area contributed by atoms with Crippen LogP contribution in [0.2, 0.25) is 0 Å². The Balaban J connectivity index is 1.78. The van der Waals surface area contributed by atoms with Crippen LogP contribution in [0.5, 0.6) is 0 Å². The van der Waals surface area contributed by atoms with Crippen LogP contribution in [0, 0.1) is 24.2 Å². The summed E-state index contributed by atoms with van der Waals surface area (Å²) in [4.78, 5) is 14.4. The van der Waals surface area contributed by atoms with Crippen molar-refractivity contribution in [2.45, 2.75) is 38.5 Å². The third-order valence-corrected chi connectivity index (χ3v) is 4.07. The summed E-state index contributed by atoms with van der Waals surface area (Å²) in [5.41, 5.74) is 0. The molecular weight excluding hydrogens is 226 g/mol. The van der Waals surface area contributed by atoms with E-state index in [-0.39, 0.29) is 0 Å². The van der Waals surface area contributed by atoms with Crippen LogP contribution in [0.3, 0.4) is 0 Å². The largest absolute Gasteiger partial charge is 0.368 e. The number of terminal acetylenes is 1. The molecule has 1 aliphatic carbocycles. The van der Waals surface area contributed by atoms with Gasteiger partial charge in [0.25, 0.3) is 0 Å². The fourth-order valence-electron chi connectivity index (χ4n) is 3.12. The summed E-state index contributed by atoms with van der Waals surface area (Å²) in [5, 5.41) is 0. The zero-order valence-corrected chi connectivity index (χ0v) is 11.1. The average molecular weight is 249 g/mol. The van der Waals surface area contributed by atoms with Gasteiger partial charge in [0.15, 0.2) is 0 Å². The van der Waals surface area contributed by atoms with Crippen molar-refractivity contribution in [2.24, 2.45) is 11.8 Å². The molecule has 1 unspecified atom stereocenters. The van der Waals surface area contributed by atoms with E-state index < -0.39 is 0 Å². The Morgan fingerprint density at radius 2 is 2.06 bits per heavy atom. The van der Waals surface area contributed by atoms with Crippen LogP contribution >= 0.6 is 0 Å². The van der Waals surface area contributed by atoms with Gasteiger partial charge in [0, 0.05) is 19.0 Å². The molecule has 0 bridgehead atoms. The molecule has 2 fully saturated rings. The first-order valence-corrected chi connectivity index (χ1v) is 7.11. The average Bonchev–Trinajstić information content (AvgIpc) is 2.92. The fourth-order valence-corrected chi connectivity index (χ4v) is 3.12. The highest BCUT2D eigenvalue weighted by Gasteiger charge is 2.30. The van der Waals surface area contributed by atoms with Crippen LogP contribution in [0.1, 0.15) is 38.5 Å². The third kappa shape index (κ3) is 3.49. The Bertz CT molecular complexity index is 315. The van der Waals surface area contributed by atoms with Gasteiger partial charge in [-0.25, -0.2) is 0 Å². The van der Waals surface area contributed by atoms with Gasteiger partial charge in [0.05, 0.1) is 6.61 Å². The van der Waals surface area contributed by atoms with Crippen molar-refractivity contribution in [3.8, 4) is 12.3 Å². The van der Waals surface area contributed by atoms with E-state index in [0.29, 0.717) is 31.0 Å². The second-order valence-electron chi connectivity index (χ2n) is 5.49. The maximum atomic E-state index is 12.3. The zero-order valence-electron chi connectivity index (χ0n) is 11.1. The fraction of sp³-hybridized carbons (Fsp3) is 0.800. The lowest BCUT2D eigenvalue weighted by molar-refractivity contribution is -0.137. The summed E-state index contributed by atoms with van der Waals surface area (Å²) >= 11 is 0. The smallest absolute Gasteiger partial charge is 0.225 e. The van der Waals surface area contributed by atoms with Gasteiger partial charge >= 0.3 is 0 Å². The first kappa shape index (κ1) is 13.4. The molecule has 0 aromatic carbocycles. The first-order chi connectivity index (χ1) is 8.81. The lowest BCUT2D eigenvalue weighted by atomic mass is 9.97. The predicted octanol–water partition coefficient (Wildman–Crippen LogP) is 2.06. The second kappa shape index (κ2) is 6.80. The van der Waals surface area contributed by atoms with E-state index in [1.807, 2.05) is 0 Å². The van der Waals surface area contributed by atoms with Crippen molar-refractivity contribution in [2.75, 3.05) is 26.3 Å². The molecule has 1 amide bonds. The van der Waals surface area contributed by atoms with E-state index in [4.69, 9.17) is 11.2 Å². The monoisotopic (exact) mass is 249 g/mol. The number of carbonyl (C=O) groups is 1. The molecule has 18 heavy (non-hydrogen) atoms. The molecule has 1 heterocycles. The summed E-state index contributed by atoms with van der Waals surface area (Å²) in [6.07, 6.45) is 12.0. The third-order valence-electron chi connectivity index (χ3n) is 4.07. The number of rotatable bonds is 4. The summed E-state index contributed by atoms with van der Waals surface area (Å²) in [6, 6.07) is 0. The van der Waals surface area contributed by atoms with Crippen LogP contribution in [0.15, 0.2) is 0 Å². The van der Waals surface area contributed by atoms with E-state index in [1.54, 1.807) is 0 Å². The first-order valence-electron chi connectivity index (χ1n) is 7.11. The van der Waals surface area contributed by atoms with Crippen molar-refractivity contribution in [3.63, 3.8) is 0 Å². The van der Waals surface area contributed by atoms with Crippen molar-refractivity contribution in [3.05, 3.63) is 0 Å². The predicted molar refractivity (Wildman–Crippen MR) is 70.9 cm³/mol. The zero-order chi connectivity index (χ0) is 12.8. The van der Waals surface area contributed by atoms with E-state index in [9.17, 15) is 4.79 Å². The number of hydrogen-bond donors (Lipinski definition) is 0. The van der Waals surface area contributed by atoms with Crippen molar-refractivity contribution >= 4 is 5.91 Å². The van der Waals surface area contributed by atoms with Crippen LogP contribution in [0.25, 0.3) is 0 Å². The van der Waals surface area contributed by atoms with Gasteiger partial charge in [-0.2, -0.15) is 0 Å². The molecule has 0 radical (unpaired) electrons. The van der Waals surface area contributed by atoms with Gasteiger partial charge in [-0.05, 0) is 31.6 Å². The van der Waals surface area contributed by atoms with Gasteiger partial charge in [0.2, 0.25) is 5.91 Å². The molecule has 3 heteroatoms. The summed E-state index contributed by atoms with van der Waals surface area (Å²) in [6.45, 7) is 2.87. The Hall–Kier alpha value is -1.01. The molecule has 100 valence electrons. The number of amides is 1. The molecule has 0 aromatic heterocycles. The summed E-state index contributed by atoms with van der Waals surface area (Å²) in [7, 11) is 0. The van der Waals surface area contributed by atoms with Crippen LogP contribution in [-0.4, -0.2) is 37.1 Å². The van der Waals surface area contributed by atoms with Crippen molar-refractivity contribution < 1.29 is 9.53 Å². The molecule has 1 atom stereocenters. The molecule has 1 aliphatic heterocycles. The quantitative estimate of drug-likeness (QED) is 0.564. The highest BCUT2D eigenvalue weighted by atomic mass is 16.5. The lowest BCUT2D eigenvalue weighted by Gasteiger charge is -2.34. The molecule has 3 nitrogen and oxygen atoms in total. The summed E-state index contributed by atoms with van der Waals surface area (Å²) < 4.78 is 5.40. The van der Waals surface area contributed by atoms with Crippen LogP contribution < -0.4 is 0 Å². The number of carbonyl (C=O) groups excluding carboxylic acids is 1. The Morgan fingerprint density at radius 1 is 1.28 bits per heavy atom. The lowest BCUT2D eigenvalue weighted by Crippen LogP contribution is -2.43. The topological polar surface area (TPSA) is 29.5 Å². The van der Waals surface area contributed by atoms with Crippen LogP contribution in [0.4, 0.5) is 0 Å². The van der Waals surface area contributed by atoms with E-state index in [1.165, 1.54) is 12.8 Å². The van der Waals surface area contributed by atoms with Crippen LogP contribution in [-0.2, 0) is 9.53 Å². The Morgan fingerprint density at radius 3 is 2.78 bits per heavy atom. The Labute approximate surface area is 110 Å². The second-order valence-corrected chi connectivity index (χ2v) is 5.49. The number of likely N-dealkylation sites (tertiary alicyclic amines) is 1. The molecule has 2 aliphatic rings. The normalized spacial score (nSPS) is 25.1. The maximum absolute atomic E-state index is 12.3. The molecule has 2 rings (SSSR count). The standard InChI is InChI=1S/C15H23NO2/c1-2-10-18-12-13-6-5-9-16(11-13)15(17)14-7-3-4-8-14/h1,13-14H,3-12H2. The minimum Gasteiger partial charge on any atom is -0.368 e. The molecule has 1 saturated carbocycles. The molecule has 0 spiro atoms. The molecule has 0 aromatic rings. The number of nitrogens with zero attached hydrogens (tertiary/aromatic N) is 1. The SMILES string of the molecule is C#CCOCC1CCCN(C(=O)C2CCCC2)C1. The maximum Gasteiger partial charge on any atom is 0.225 e. The summed E-state index contributed by atoms with van der Waals surface area (Å²) in [5.74, 6) is 3.64. The van der Waals surface area contributed by atoms with Gasteiger partial charge in [-0.3, -0.25) is 4.79 Å². The molecule has 0 N–H and O–H groups in total. The highest BCUT2D eigenvalue weighted by molar-refractivity contribution is 5.79. The van der Waals surface area contributed by atoms with E-state index in [2.05, 4.69) is 10.8 Å². The van der Waals surface area contributed by atoms with E-state index in [0.717, 1.165) is 38.8 Å². The minimum absolute atomic E-state index is 0.301. The van der Waals surface area contributed by atoms with Gasteiger partial charge in [-0.15, -0.1) is 6.42 Å². The number of hydrogen-bond acceptors (Lipinski definition) is 2. The highest BCUT2D eigenvalue weighted by Crippen LogP contribution is 2.28. The van der Waals surface area contributed by atoms with Crippen molar-refractivity contribution in [1.82, 2.24) is 4.90 Å². The van der Waals surface area contributed by atoms with E-state index >= 15 is 0 Å². The van der Waals surface area contributed by atoms with Crippen molar-refractivity contribution in [1.29, 1.82) is 0 Å².